The summed E-state index contributed by atoms with van der Waals surface area (Å²) >= 11 is 0. The van der Waals surface area contributed by atoms with Crippen LogP contribution in [0.1, 0.15) is 33.1 Å². The van der Waals surface area contributed by atoms with Gasteiger partial charge in [-0.25, -0.2) is 0 Å². The van der Waals surface area contributed by atoms with Gasteiger partial charge in [0.25, 0.3) is 0 Å². The highest BCUT2D eigenvalue weighted by Gasteiger charge is 2.30. The van der Waals surface area contributed by atoms with E-state index in [0.717, 1.165) is 19.8 Å². The quantitative estimate of drug-likeness (QED) is 0.672. The van der Waals surface area contributed by atoms with Gasteiger partial charge in [-0.05, 0) is 51.7 Å². The molecule has 1 fully saturated rings. The lowest BCUT2D eigenvalue weighted by molar-refractivity contribution is 0.0833. The van der Waals surface area contributed by atoms with Crippen molar-refractivity contribution in [2.24, 2.45) is 5.41 Å². The van der Waals surface area contributed by atoms with E-state index >= 15 is 0 Å². The van der Waals surface area contributed by atoms with Crippen LogP contribution in [0, 0.1) is 5.41 Å². The van der Waals surface area contributed by atoms with Crippen molar-refractivity contribution in [1.82, 2.24) is 10.2 Å². The number of hydrogen-bond acceptors (Lipinski definition) is 3. The molecule has 16 heavy (non-hydrogen) atoms. The van der Waals surface area contributed by atoms with E-state index in [1.165, 1.54) is 38.9 Å². The SMILES string of the molecule is CCOCCN(C)CC1(CC)CCNCC1. The van der Waals surface area contributed by atoms with Crippen molar-refractivity contribution in [3.8, 4) is 0 Å². The van der Waals surface area contributed by atoms with Gasteiger partial charge in [-0.1, -0.05) is 6.92 Å². The molecule has 0 bridgehead atoms. The van der Waals surface area contributed by atoms with Crippen molar-refractivity contribution in [2.75, 3.05) is 46.4 Å². The number of rotatable bonds is 7. The lowest BCUT2D eigenvalue weighted by Crippen LogP contribution is -2.44. The number of piperidine rings is 1. The lowest BCUT2D eigenvalue weighted by Gasteiger charge is -2.39. The summed E-state index contributed by atoms with van der Waals surface area (Å²) in [4.78, 5) is 2.44. The third kappa shape index (κ3) is 4.40. The van der Waals surface area contributed by atoms with Crippen LogP contribution in [0.3, 0.4) is 0 Å². The maximum absolute atomic E-state index is 5.41. The van der Waals surface area contributed by atoms with Crippen molar-refractivity contribution in [3.63, 3.8) is 0 Å². The molecule has 1 aliphatic rings. The smallest absolute Gasteiger partial charge is 0.0593 e. The van der Waals surface area contributed by atoms with Crippen molar-refractivity contribution in [2.45, 2.75) is 33.1 Å². The second-order valence-electron chi connectivity index (χ2n) is 5.04. The minimum atomic E-state index is 0.548. The van der Waals surface area contributed by atoms with Crippen molar-refractivity contribution < 1.29 is 4.74 Å². The van der Waals surface area contributed by atoms with Crippen LogP contribution in [0.5, 0.6) is 0 Å². The largest absolute Gasteiger partial charge is 0.380 e. The Morgan fingerprint density at radius 3 is 2.50 bits per heavy atom. The van der Waals surface area contributed by atoms with Gasteiger partial charge in [0.15, 0.2) is 0 Å². The van der Waals surface area contributed by atoms with Crippen molar-refractivity contribution in [1.29, 1.82) is 0 Å². The molecule has 0 aliphatic carbocycles. The van der Waals surface area contributed by atoms with Gasteiger partial charge in [0.2, 0.25) is 0 Å². The van der Waals surface area contributed by atoms with Crippen molar-refractivity contribution in [3.05, 3.63) is 0 Å². The van der Waals surface area contributed by atoms with Crippen molar-refractivity contribution >= 4 is 0 Å². The number of nitrogens with one attached hydrogen (secondary N) is 1. The molecule has 1 saturated heterocycles. The van der Waals surface area contributed by atoms with Gasteiger partial charge in [-0.2, -0.15) is 0 Å². The number of nitrogens with zero attached hydrogens (tertiary/aromatic N) is 1. The maximum atomic E-state index is 5.41. The minimum Gasteiger partial charge on any atom is -0.380 e. The summed E-state index contributed by atoms with van der Waals surface area (Å²) < 4.78 is 5.41. The maximum Gasteiger partial charge on any atom is 0.0593 e. The zero-order valence-electron chi connectivity index (χ0n) is 11.2. The minimum absolute atomic E-state index is 0.548. The standard InChI is InChI=1S/C13H28N2O/c1-4-13(6-8-14-9-7-13)12-15(3)10-11-16-5-2/h14H,4-12H2,1-3H3. The summed E-state index contributed by atoms with van der Waals surface area (Å²) in [5.74, 6) is 0. The lowest BCUT2D eigenvalue weighted by atomic mass is 9.76. The number of ether oxygens (including phenoxy) is 1. The molecule has 0 radical (unpaired) electrons. The summed E-state index contributed by atoms with van der Waals surface area (Å²) in [6.07, 6.45) is 3.94. The normalized spacial score (nSPS) is 20.2. The van der Waals surface area contributed by atoms with E-state index in [9.17, 15) is 0 Å². The van der Waals surface area contributed by atoms with Gasteiger partial charge >= 0.3 is 0 Å². The highest BCUT2D eigenvalue weighted by Crippen LogP contribution is 2.32. The summed E-state index contributed by atoms with van der Waals surface area (Å²) in [7, 11) is 2.22. The Hall–Kier alpha value is -0.120. The fraction of sp³-hybridized carbons (Fsp3) is 1.00. The van der Waals surface area contributed by atoms with E-state index in [2.05, 4.69) is 31.1 Å². The predicted molar refractivity (Wildman–Crippen MR) is 68.8 cm³/mol. The molecule has 0 aromatic heterocycles. The first-order valence-corrected chi connectivity index (χ1v) is 6.69. The molecule has 0 saturated carbocycles. The Morgan fingerprint density at radius 1 is 1.25 bits per heavy atom. The van der Waals surface area contributed by atoms with E-state index < -0.39 is 0 Å². The van der Waals surface area contributed by atoms with E-state index in [1.54, 1.807) is 0 Å². The molecule has 0 atom stereocenters. The van der Waals surface area contributed by atoms with E-state index in [-0.39, 0.29) is 0 Å². The second-order valence-corrected chi connectivity index (χ2v) is 5.04. The van der Waals surface area contributed by atoms with E-state index in [1.807, 2.05) is 0 Å². The average molecular weight is 228 g/mol. The summed E-state index contributed by atoms with van der Waals surface area (Å²) in [5.41, 5.74) is 0.548. The average Bonchev–Trinajstić information content (AvgIpc) is 2.30. The van der Waals surface area contributed by atoms with Crippen LogP contribution < -0.4 is 5.32 Å². The third-order valence-corrected chi connectivity index (χ3v) is 3.84. The van der Waals surface area contributed by atoms with E-state index in [4.69, 9.17) is 4.74 Å². The molecular weight excluding hydrogens is 200 g/mol. The van der Waals surface area contributed by atoms with Crippen LogP contribution in [-0.4, -0.2) is 51.3 Å². The van der Waals surface area contributed by atoms with Gasteiger partial charge < -0.3 is 15.0 Å². The Morgan fingerprint density at radius 2 is 1.94 bits per heavy atom. The Balaban J connectivity index is 2.30. The zero-order chi connectivity index (χ0) is 11.9. The molecule has 0 spiro atoms. The zero-order valence-corrected chi connectivity index (χ0v) is 11.2. The topological polar surface area (TPSA) is 24.5 Å². The second kappa shape index (κ2) is 7.25. The predicted octanol–water partition coefficient (Wildman–Crippen LogP) is 1.73. The van der Waals surface area contributed by atoms with Crippen LogP contribution in [-0.2, 0) is 4.74 Å². The summed E-state index contributed by atoms with van der Waals surface area (Å²) in [5, 5.41) is 3.46. The van der Waals surface area contributed by atoms with Gasteiger partial charge in [0, 0.05) is 19.7 Å². The molecule has 1 aliphatic heterocycles. The Labute approximate surface area is 101 Å². The molecule has 0 aromatic carbocycles. The van der Waals surface area contributed by atoms with Crippen LogP contribution in [0.25, 0.3) is 0 Å². The first-order chi connectivity index (χ1) is 7.72. The first-order valence-electron chi connectivity index (χ1n) is 6.69. The molecule has 3 nitrogen and oxygen atoms in total. The highest BCUT2D eigenvalue weighted by molar-refractivity contribution is 4.85. The summed E-state index contributed by atoms with van der Waals surface area (Å²) in [6, 6.07) is 0. The summed E-state index contributed by atoms with van der Waals surface area (Å²) in [6.45, 7) is 10.7. The molecule has 0 aromatic rings. The van der Waals surface area contributed by atoms with Crippen LogP contribution in [0.4, 0.5) is 0 Å². The fourth-order valence-electron chi connectivity index (χ4n) is 2.60. The molecule has 1 N–H and O–H groups in total. The fourth-order valence-corrected chi connectivity index (χ4v) is 2.60. The number of likely N-dealkylation sites (N-methyl/N-ethyl adjacent to an activating group) is 1. The monoisotopic (exact) mass is 228 g/mol. The van der Waals surface area contributed by atoms with Gasteiger partial charge in [-0.15, -0.1) is 0 Å². The molecule has 3 heteroatoms. The Kier molecular flexibility index (Phi) is 6.32. The van der Waals surface area contributed by atoms with E-state index in [0.29, 0.717) is 5.41 Å². The highest BCUT2D eigenvalue weighted by atomic mass is 16.5. The van der Waals surface area contributed by atoms with Crippen LogP contribution >= 0.6 is 0 Å². The molecular formula is C13H28N2O. The van der Waals surface area contributed by atoms with Gasteiger partial charge in [0.05, 0.1) is 6.61 Å². The molecule has 1 heterocycles. The van der Waals surface area contributed by atoms with Crippen LogP contribution in [0.2, 0.25) is 0 Å². The first kappa shape index (κ1) is 13.9. The van der Waals surface area contributed by atoms with Crippen LogP contribution in [0.15, 0.2) is 0 Å². The van der Waals surface area contributed by atoms with Gasteiger partial charge in [0.1, 0.15) is 0 Å². The molecule has 0 unspecified atom stereocenters. The van der Waals surface area contributed by atoms with Gasteiger partial charge in [-0.3, -0.25) is 0 Å². The molecule has 0 amide bonds. The molecule has 96 valence electrons. The third-order valence-electron chi connectivity index (χ3n) is 3.84. The Bertz CT molecular complexity index is 179. The molecule has 1 rings (SSSR count). The number of hydrogen-bond donors (Lipinski definition) is 1.